The molecule has 0 radical (unpaired) electrons. The second-order valence-electron chi connectivity index (χ2n) is 8.58. The highest BCUT2D eigenvalue weighted by Crippen LogP contribution is 2.32. The minimum Gasteiger partial charge on any atom is -0.481 e. The molecule has 1 saturated heterocycles. The monoisotopic (exact) mass is 606 g/mol. The van der Waals surface area contributed by atoms with Gasteiger partial charge < -0.3 is 30.4 Å². The Hall–Kier alpha value is -2.88. The van der Waals surface area contributed by atoms with Crippen LogP contribution in [-0.2, 0) is 20.9 Å². The Morgan fingerprint density at radius 1 is 1.27 bits per heavy atom. The lowest BCUT2D eigenvalue weighted by molar-refractivity contribution is -0.300. The van der Waals surface area contributed by atoms with Crippen molar-refractivity contribution in [2.45, 2.75) is 57.7 Å². The minimum atomic E-state index is -0.982. The average molecular weight is 607 g/mol. The maximum atomic E-state index is 14.1. The van der Waals surface area contributed by atoms with E-state index in [9.17, 15) is 23.2 Å². The summed E-state index contributed by atoms with van der Waals surface area (Å²) in [7, 11) is 0. The first-order chi connectivity index (χ1) is 17.3. The number of nitrogens with two attached hydrogens (primary N) is 1. The Morgan fingerprint density at radius 3 is 2.54 bits per heavy atom. The van der Waals surface area contributed by atoms with Gasteiger partial charge in [-0.1, -0.05) is 15.9 Å². The predicted octanol–water partition coefficient (Wildman–Crippen LogP) is 3.76. The molecule has 37 heavy (non-hydrogen) atoms. The molecule has 1 aliphatic heterocycles. The van der Waals surface area contributed by atoms with Gasteiger partial charge in [-0.15, -0.1) is 0 Å². The van der Waals surface area contributed by atoms with E-state index in [4.69, 9.17) is 25.1 Å². The highest BCUT2D eigenvalue weighted by Gasteiger charge is 2.36. The third kappa shape index (κ3) is 8.05. The molecule has 0 unspecified atom stereocenters. The standard InChI is InChI=1S/C22H25BrF2N4O7S/c1-22(2)35-11(7-12(36-22)8-16(30)31)3-4-27-21(33)28-20-17(18(26)32)19(29-37-20)34-9-13-14(24)5-10(23)6-15(13)25/h5-6,11-12H,3-4,7-9H2,1-2H3,(H2,26,32)(H,30,31)(H2,27,28,33)/t11-,12-/m1/s1. The number of amides is 3. The summed E-state index contributed by atoms with van der Waals surface area (Å²) in [6.07, 6.45) is -0.310. The smallest absolute Gasteiger partial charge is 0.319 e. The van der Waals surface area contributed by atoms with Crippen LogP contribution in [0.15, 0.2) is 16.6 Å². The first kappa shape index (κ1) is 28.7. The predicted molar refractivity (Wildman–Crippen MR) is 131 cm³/mol. The molecule has 0 aliphatic carbocycles. The van der Waals surface area contributed by atoms with Crippen LogP contribution in [0.25, 0.3) is 0 Å². The molecule has 3 amide bonds. The van der Waals surface area contributed by atoms with E-state index in [1.54, 1.807) is 13.8 Å². The number of anilines is 1. The summed E-state index contributed by atoms with van der Waals surface area (Å²) in [6, 6.07) is 1.46. The third-order valence-corrected chi connectivity index (χ3v) is 6.38. The van der Waals surface area contributed by atoms with Crippen molar-refractivity contribution in [2.24, 2.45) is 5.73 Å². The fourth-order valence-electron chi connectivity index (χ4n) is 3.74. The number of aromatic nitrogens is 1. The van der Waals surface area contributed by atoms with E-state index >= 15 is 0 Å². The molecule has 1 aromatic heterocycles. The van der Waals surface area contributed by atoms with Crippen LogP contribution in [0.2, 0.25) is 0 Å². The Morgan fingerprint density at radius 2 is 1.92 bits per heavy atom. The van der Waals surface area contributed by atoms with Crippen molar-refractivity contribution in [1.29, 1.82) is 0 Å². The van der Waals surface area contributed by atoms with Gasteiger partial charge in [-0.3, -0.25) is 14.9 Å². The molecular weight excluding hydrogens is 582 g/mol. The number of carbonyl (C=O) groups excluding carboxylic acids is 2. The van der Waals surface area contributed by atoms with Crippen molar-refractivity contribution < 1.29 is 42.5 Å². The molecule has 5 N–H and O–H groups in total. The lowest BCUT2D eigenvalue weighted by Gasteiger charge is -2.40. The molecule has 11 nitrogen and oxygen atoms in total. The maximum absolute atomic E-state index is 14.1. The number of nitrogens with zero attached hydrogens (tertiary/aromatic N) is 1. The van der Waals surface area contributed by atoms with E-state index in [1.165, 1.54) is 0 Å². The number of hydrogen-bond donors (Lipinski definition) is 4. The van der Waals surface area contributed by atoms with Gasteiger partial charge in [0.25, 0.3) is 5.91 Å². The molecule has 2 aromatic rings. The lowest BCUT2D eigenvalue weighted by Crippen LogP contribution is -2.46. The normalized spacial score (nSPS) is 18.7. The van der Waals surface area contributed by atoms with Crippen LogP contribution in [0.5, 0.6) is 5.88 Å². The summed E-state index contributed by atoms with van der Waals surface area (Å²) in [5.74, 6) is -4.90. The number of rotatable bonds is 10. The minimum absolute atomic E-state index is 0.0123. The Labute approximate surface area is 222 Å². The molecule has 1 aliphatic rings. The Bertz CT molecular complexity index is 1160. The zero-order chi connectivity index (χ0) is 27.3. The zero-order valence-electron chi connectivity index (χ0n) is 19.8. The van der Waals surface area contributed by atoms with Crippen molar-refractivity contribution >= 4 is 50.4 Å². The number of aliphatic carboxylic acids is 1. The van der Waals surface area contributed by atoms with Crippen LogP contribution in [0.3, 0.4) is 0 Å². The number of benzene rings is 1. The largest absolute Gasteiger partial charge is 0.481 e. The van der Waals surface area contributed by atoms with Gasteiger partial charge in [-0.2, -0.15) is 4.37 Å². The van der Waals surface area contributed by atoms with Crippen molar-refractivity contribution in [3.8, 4) is 5.88 Å². The third-order valence-electron chi connectivity index (χ3n) is 5.17. The van der Waals surface area contributed by atoms with Crippen LogP contribution in [-0.4, -0.2) is 51.9 Å². The fourth-order valence-corrected chi connectivity index (χ4v) is 4.88. The summed E-state index contributed by atoms with van der Waals surface area (Å²) in [5, 5.41) is 14.1. The second kappa shape index (κ2) is 12.1. The molecule has 202 valence electrons. The molecule has 2 heterocycles. The van der Waals surface area contributed by atoms with Gasteiger partial charge >= 0.3 is 12.0 Å². The fraction of sp³-hybridized carbons (Fsp3) is 0.455. The first-order valence-electron chi connectivity index (χ1n) is 11.0. The number of primary amides is 1. The van der Waals surface area contributed by atoms with Gasteiger partial charge in [0.15, 0.2) is 5.79 Å². The van der Waals surface area contributed by atoms with E-state index in [2.05, 4.69) is 30.9 Å². The summed E-state index contributed by atoms with van der Waals surface area (Å²) in [6.45, 7) is 2.97. The topological polar surface area (TPSA) is 162 Å². The van der Waals surface area contributed by atoms with Crippen molar-refractivity contribution in [3.05, 3.63) is 39.4 Å². The first-order valence-corrected chi connectivity index (χ1v) is 12.6. The number of carboxylic acid groups (broad SMARTS) is 1. The number of urea groups is 1. The average Bonchev–Trinajstić information content (AvgIpc) is 3.13. The van der Waals surface area contributed by atoms with Crippen LogP contribution >= 0.6 is 27.5 Å². The second-order valence-corrected chi connectivity index (χ2v) is 10.3. The number of hydrogen-bond acceptors (Lipinski definition) is 8. The molecule has 0 bridgehead atoms. The van der Waals surface area contributed by atoms with Crippen LogP contribution < -0.4 is 21.1 Å². The van der Waals surface area contributed by atoms with Gasteiger partial charge in [-0.25, -0.2) is 13.6 Å². The lowest BCUT2D eigenvalue weighted by atomic mass is 10.0. The number of ether oxygens (including phenoxy) is 3. The summed E-state index contributed by atoms with van der Waals surface area (Å²) >= 11 is 3.69. The van der Waals surface area contributed by atoms with Gasteiger partial charge in [0.05, 0.1) is 24.2 Å². The molecule has 1 fully saturated rings. The molecule has 0 spiro atoms. The van der Waals surface area contributed by atoms with Crippen molar-refractivity contribution in [1.82, 2.24) is 9.69 Å². The SMILES string of the molecule is CC1(C)O[C@H](CCNC(=O)Nc2snc(OCc3c(F)cc(Br)cc3F)c2C(N)=O)C[C@H](CC(=O)O)O1. The molecule has 2 atom stereocenters. The molecule has 3 rings (SSSR count). The maximum Gasteiger partial charge on any atom is 0.319 e. The molecule has 15 heteroatoms. The van der Waals surface area contributed by atoms with E-state index in [0.29, 0.717) is 24.4 Å². The van der Waals surface area contributed by atoms with E-state index in [-0.39, 0.29) is 45.6 Å². The van der Waals surface area contributed by atoms with E-state index in [0.717, 1.165) is 12.1 Å². The van der Waals surface area contributed by atoms with E-state index < -0.39 is 48.0 Å². The number of halogens is 3. The van der Waals surface area contributed by atoms with Gasteiger partial charge in [0, 0.05) is 17.4 Å². The Balaban J connectivity index is 1.57. The van der Waals surface area contributed by atoms with Crippen LogP contribution in [0, 0.1) is 11.6 Å². The Kier molecular flexibility index (Phi) is 9.39. The highest BCUT2D eigenvalue weighted by molar-refractivity contribution is 9.10. The van der Waals surface area contributed by atoms with Crippen molar-refractivity contribution in [2.75, 3.05) is 11.9 Å². The van der Waals surface area contributed by atoms with Gasteiger partial charge in [-0.05, 0) is 43.9 Å². The quantitative estimate of drug-likeness (QED) is 0.318. The van der Waals surface area contributed by atoms with Crippen LogP contribution in [0.1, 0.15) is 49.0 Å². The van der Waals surface area contributed by atoms with Gasteiger partial charge in [0.2, 0.25) is 5.88 Å². The van der Waals surface area contributed by atoms with Crippen molar-refractivity contribution in [3.63, 3.8) is 0 Å². The number of carbonyl (C=O) groups is 3. The molecule has 0 saturated carbocycles. The summed E-state index contributed by atoms with van der Waals surface area (Å²) < 4.78 is 49.0. The molecular formula is C22H25BrF2N4O7S. The number of carboxylic acids is 1. The molecule has 1 aromatic carbocycles. The van der Waals surface area contributed by atoms with E-state index in [1.807, 2.05) is 0 Å². The van der Waals surface area contributed by atoms with Gasteiger partial charge in [0.1, 0.15) is 28.8 Å². The zero-order valence-corrected chi connectivity index (χ0v) is 22.2. The van der Waals surface area contributed by atoms with Crippen LogP contribution in [0.4, 0.5) is 18.6 Å². The summed E-state index contributed by atoms with van der Waals surface area (Å²) in [4.78, 5) is 35.4. The highest BCUT2D eigenvalue weighted by atomic mass is 79.9. The number of nitrogens with one attached hydrogen (secondary N) is 2. The summed E-state index contributed by atoms with van der Waals surface area (Å²) in [5.41, 5.74) is 4.79.